The molecular formula is C24H36N2O2. The Balaban J connectivity index is 1.65. The summed E-state index contributed by atoms with van der Waals surface area (Å²) < 4.78 is 11.9. The van der Waals surface area contributed by atoms with Crippen molar-refractivity contribution in [1.29, 1.82) is 0 Å². The zero-order valence-corrected chi connectivity index (χ0v) is 17.8. The minimum absolute atomic E-state index is 0.0888. The normalized spacial score (nSPS) is 29.0. The van der Waals surface area contributed by atoms with Crippen molar-refractivity contribution in [3.63, 3.8) is 0 Å². The summed E-state index contributed by atoms with van der Waals surface area (Å²) in [5, 5.41) is 6.83. The molecule has 1 fully saturated rings. The van der Waals surface area contributed by atoms with Crippen molar-refractivity contribution in [1.82, 2.24) is 5.32 Å². The molecule has 1 aliphatic heterocycles. The van der Waals surface area contributed by atoms with Crippen molar-refractivity contribution in [3.8, 4) is 0 Å². The van der Waals surface area contributed by atoms with Gasteiger partial charge < -0.3 is 20.1 Å². The topological polar surface area (TPSA) is 42.5 Å². The first-order valence-electron chi connectivity index (χ1n) is 10.5. The van der Waals surface area contributed by atoms with Gasteiger partial charge in [0, 0.05) is 38.9 Å². The second kappa shape index (κ2) is 9.25. The molecule has 0 amide bonds. The highest BCUT2D eigenvalue weighted by atomic mass is 16.5. The molecule has 2 N–H and O–H groups in total. The van der Waals surface area contributed by atoms with E-state index in [1.54, 1.807) is 0 Å². The third kappa shape index (κ3) is 5.05. The lowest BCUT2D eigenvalue weighted by molar-refractivity contribution is -0.131. The fourth-order valence-corrected chi connectivity index (χ4v) is 4.91. The lowest BCUT2D eigenvalue weighted by Gasteiger charge is -2.50. The summed E-state index contributed by atoms with van der Waals surface area (Å²) in [7, 11) is 3.77. The third-order valence-corrected chi connectivity index (χ3v) is 6.31. The SMILES string of the molecule is CNc1ccc(CNCCC2(C3C=CC=CC3OC)CCOC(C)(C)C2)cc1. The van der Waals surface area contributed by atoms with Crippen LogP contribution in [0, 0.1) is 11.3 Å². The van der Waals surface area contributed by atoms with Crippen LogP contribution in [-0.2, 0) is 16.0 Å². The Kier molecular flexibility index (Phi) is 6.97. The van der Waals surface area contributed by atoms with E-state index in [1.807, 2.05) is 14.2 Å². The molecule has 1 heterocycles. The quantitative estimate of drug-likeness (QED) is 0.646. The van der Waals surface area contributed by atoms with E-state index >= 15 is 0 Å². The molecule has 0 spiro atoms. The van der Waals surface area contributed by atoms with Gasteiger partial charge in [0.1, 0.15) is 0 Å². The first-order valence-corrected chi connectivity index (χ1v) is 10.5. The van der Waals surface area contributed by atoms with Gasteiger partial charge in [0.2, 0.25) is 0 Å². The second-order valence-electron chi connectivity index (χ2n) is 8.77. The zero-order valence-electron chi connectivity index (χ0n) is 17.8. The van der Waals surface area contributed by atoms with Gasteiger partial charge in [-0.3, -0.25) is 0 Å². The number of methoxy groups -OCH3 is 1. The van der Waals surface area contributed by atoms with Crippen molar-refractivity contribution < 1.29 is 9.47 Å². The Hall–Kier alpha value is -1.62. The number of benzene rings is 1. The summed E-state index contributed by atoms with van der Waals surface area (Å²) in [6, 6.07) is 8.62. The zero-order chi connectivity index (χ0) is 20.0. The maximum atomic E-state index is 6.07. The van der Waals surface area contributed by atoms with E-state index in [4.69, 9.17) is 9.47 Å². The van der Waals surface area contributed by atoms with Crippen LogP contribution < -0.4 is 10.6 Å². The van der Waals surface area contributed by atoms with E-state index in [0.29, 0.717) is 5.92 Å². The van der Waals surface area contributed by atoms with Gasteiger partial charge in [-0.15, -0.1) is 0 Å². The van der Waals surface area contributed by atoms with Crippen LogP contribution in [0.2, 0.25) is 0 Å². The van der Waals surface area contributed by atoms with Crippen LogP contribution in [0.3, 0.4) is 0 Å². The number of hydrogen-bond acceptors (Lipinski definition) is 4. The lowest BCUT2D eigenvalue weighted by Crippen LogP contribution is -2.49. The summed E-state index contributed by atoms with van der Waals surface area (Å²) in [5.74, 6) is 0.391. The van der Waals surface area contributed by atoms with Gasteiger partial charge in [-0.1, -0.05) is 36.4 Å². The lowest BCUT2D eigenvalue weighted by atomic mass is 9.61. The Labute approximate surface area is 170 Å². The number of allylic oxidation sites excluding steroid dienone is 2. The molecule has 0 radical (unpaired) electrons. The molecule has 0 aromatic heterocycles. The van der Waals surface area contributed by atoms with Crippen LogP contribution in [0.15, 0.2) is 48.6 Å². The fraction of sp³-hybridized carbons (Fsp3) is 0.583. The number of anilines is 1. The largest absolute Gasteiger partial charge is 0.388 e. The maximum absolute atomic E-state index is 6.07. The number of hydrogen-bond donors (Lipinski definition) is 2. The summed E-state index contributed by atoms with van der Waals surface area (Å²) >= 11 is 0. The highest BCUT2D eigenvalue weighted by Gasteiger charge is 2.47. The Morgan fingerprint density at radius 2 is 1.89 bits per heavy atom. The predicted molar refractivity (Wildman–Crippen MR) is 117 cm³/mol. The van der Waals surface area contributed by atoms with Crippen LogP contribution >= 0.6 is 0 Å². The molecule has 0 saturated carbocycles. The van der Waals surface area contributed by atoms with Crippen LogP contribution in [0.5, 0.6) is 0 Å². The average molecular weight is 385 g/mol. The standard InChI is InChI=1S/C24H36N2O2/c1-23(2)18-24(14-16-28-23,21-7-5-6-8-22(21)27-4)13-15-26-17-19-9-11-20(25-3)12-10-19/h5-12,21-22,25-26H,13-18H2,1-4H3. The molecule has 1 saturated heterocycles. The smallest absolute Gasteiger partial charge is 0.0823 e. The van der Waals surface area contributed by atoms with Gasteiger partial charge in [0.15, 0.2) is 0 Å². The van der Waals surface area contributed by atoms with E-state index in [0.717, 1.165) is 44.6 Å². The number of ether oxygens (including phenoxy) is 2. The van der Waals surface area contributed by atoms with E-state index in [-0.39, 0.29) is 17.1 Å². The second-order valence-corrected chi connectivity index (χ2v) is 8.77. The number of nitrogens with one attached hydrogen (secondary N) is 2. The molecule has 3 atom stereocenters. The first kappa shape index (κ1) is 21.1. The van der Waals surface area contributed by atoms with Crippen molar-refractivity contribution in [2.45, 2.75) is 51.4 Å². The number of rotatable bonds is 8. The molecule has 1 aromatic rings. The van der Waals surface area contributed by atoms with Crippen LogP contribution in [0.4, 0.5) is 5.69 Å². The monoisotopic (exact) mass is 384 g/mol. The summed E-state index contributed by atoms with van der Waals surface area (Å²) in [6.07, 6.45) is 12.2. The Morgan fingerprint density at radius 1 is 1.14 bits per heavy atom. The van der Waals surface area contributed by atoms with Gasteiger partial charge in [0.05, 0.1) is 11.7 Å². The minimum atomic E-state index is -0.0888. The van der Waals surface area contributed by atoms with E-state index in [1.165, 1.54) is 5.56 Å². The van der Waals surface area contributed by atoms with E-state index < -0.39 is 0 Å². The van der Waals surface area contributed by atoms with E-state index in [2.05, 4.69) is 73.1 Å². The van der Waals surface area contributed by atoms with Gasteiger partial charge >= 0.3 is 0 Å². The fourth-order valence-electron chi connectivity index (χ4n) is 4.91. The highest BCUT2D eigenvalue weighted by Crippen LogP contribution is 2.49. The van der Waals surface area contributed by atoms with Crippen molar-refractivity contribution in [2.75, 3.05) is 32.6 Å². The molecule has 2 aliphatic rings. The van der Waals surface area contributed by atoms with Crippen molar-refractivity contribution in [2.24, 2.45) is 11.3 Å². The average Bonchev–Trinajstić information content (AvgIpc) is 2.71. The molecule has 1 aliphatic carbocycles. The molecule has 3 unspecified atom stereocenters. The van der Waals surface area contributed by atoms with Gasteiger partial charge in [-0.2, -0.15) is 0 Å². The summed E-state index contributed by atoms with van der Waals surface area (Å²) in [4.78, 5) is 0. The van der Waals surface area contributed by atoms with Crippen molar-refractivity contribution in [3.05, 3.63) is 54.1 Å². The van der Waals surface area contributed by atoms with Crippen LogP contribution in [0.25, 0.3) is 0 Å². The minimum Gasteiger partial charge on any atom is -0.388 e. The third-order valence-electron chi connectivity index (χ3n) is 6.31. The molecule has 0 bridgehead atoms. The predicted octanol–water partition coefficient (Wildman–Crippen LogP) is 4.54. The first-order chi connectivity index (χ1) is 13.5. The highest BCUT2D eigenvalue weighted by molar-refractivity contribution is 5.43. The van der Waals surface area contributed by atoms with Crippen LogP contribution in [0.1, 0.15) is 38.7 Å². The van der Waals surface area contributed by atoms with Gasteiger partial charge in [-0.25, -0.2) is 0 Å². The molecular weight excluding hydrogens is 348 g/mol. The molecule has 28 heavy (non-hydrogen) atoms. The Morgan fingerprint density at radius 3 is 2.57 bits per heavy atom. The summed E-state index contributed by atoms with van der Waals surface area (Å²) in [6.45, 7) is 7.16. The van der Waals surface area contributed by atoms with Crippen molar-refractivity contribution >= 4 is 5.69 Å². The molecule has 3 rings (SSSR count). The summed E-state index contributed by atoms with van der Waals surface area (Å²) in [5.41, 5.74) is 2.56. The Bertz CT molecular complexity index is 680. The van der Waals surface area contributed by atoms with E-state index in [9.17, 15) is 0 Å². The molecule has 4 heteroatoms. The maximum Gasteiger partial charge on any atom is 0.0823 e. The van der Waals surface area contributed by atoms with Crippen LogP contribution in [-0.4, -0.2) is 39.0 Å². The molecule has 154 valence electrons. The molecule has 1 aromatic carbocycles. The molecule has 4 nitrogen and oxygen atoms in total. The van der Waals surface area contributed by atoms with Gasteiger partial charge in [-0.05, 0) is 62.8 Å². The van der Waals surface area contributed by atoms with Gasteiger partial charge in [0.25, 0.3) is 0 Å².